The Morgan fingerprint density at radius 2 is 2.04 bits per heavy atom. The summed E-state index contributed by atoms with van der Waals surface area (Å²) < 4.78 is 5.65. The fourth-order valence-corrected chi connectivity index (χ4v) is 3.19. The highest BCUT2D eigenvalue weighted by molar-refractivity contribution is 6.32. The Bertz CT molecular complexity index is 774. The SMILES string of the molecule is CC1CN(Cc2ccc(Oc3ccccc3Cl)c([N+](=O)[O-])c2)CC1N. The van der Waals surface area contributed by atoms with Crippen molar-refractivity contribution >= 4 is 17.3 Å². The number of rotatable bonds is 5. The molecule has 1 aliphatic rings. The predicted octanol–water partition coefficient (Wildman–Crippen LogP) is 3.82. The van der Waals surface area contributed by atoms with Crippen LogP contribution in [0.2, 0.25) is 5.02 Å². The number of benzene rings is 2. The molecule has 0 bridgehead atoms. The molecule has 0 radical (unpaired) electrons. The van der Waals surface area contributed by atoms with Gasteiger partial charge in [0.15, 0.2) is 0 Å². The minimum absolute atomic E-state index is 0.0750. The van der Waals surface area contributed by atoms with Gasteiger partial charge in [0.05, 0.1) is 9.95 Å². The summed E-state index contributed by atoms with van der Waals surface area (Å²) in [6, 6.07) is 12.1. The molecule has 132 valence electrons. The van der Waals surface area contributed by atoms with Crippen LogP contribution in [-0.4, -0.2) is 29.0 Å². The van der Waals surface area contributed by atoms with E-state index in [1.807, 2.05) is 6.07 Å². The summed E-state index contributed by atoms with van der Waals surface area (Å²) in [5, 5.41) is 11.9. The molecule has 0 aliphatic carbocycles. The largest absolute Gasteiger partial charge is 0.449 e. The van der Waals surface area contributed by atoms with Gasteiger partial charge in [-0.05, 0) is 29.7 Å². The van der Waals surface area contributed by atoms with Crippen molar-refractivity contribution in [2.24, 2.45) is 11.7 Å². The van der Waals surface area contributed by atoms with Crippen molar-refractivity contribution in [1.82, 2.24) is 4.90 Å². The molecule has 7 heteroatoms. The molecule has 25 heavy (non-hydrogen) atoms. The van der Waals surface area contributed by atoms with Gasteiger partial charge in [0.2, 0.25) is 5.75 Å². The maximum absolute atomic E-state index is 11.4. The van der Waals surface area contributed by atoms with Gasteiger partial charge in [0.1, 0.15) is 5.75 Å². The molecule has 0 aromatic heterocycles. The molecule has 0 amide bonds. The molecule has 1 aliphatic heterocycles. The third-order valence-corrected chi connectivity index (χ3v) is 4.74. The number of para-hydroxylation sites is 1. The lowest BCUT2D eigenvalue weighted by Gasteiger charge is -2.16. The molecular formula is C18H20ClN3O3. The molecule has 1 heterocycles. The summed E-state index contributed by atoms with van der Waals surface area (Å²) in [6.45, 7) is 4.44. The number of nitrogens with two attached hydrogens (primary N) is 1. The van der Waals surface area contributed by atoms with Crippen molar-refractivity contribution in [2.45, 2.75) is 19.5 Å². The Morgan fingerprint density at radius 1 is 1.28 bits per heavy atom. The van der Waals surface area contributed by atoms with Crippen LogP contribution >= 0.6 is 11.6 Å². The zero-order valence-electron chi connectivity index (χ0n) is 13.9. The van der Waals surface area contributed by atoms with E-state index in [1.165, 1.54) is 0 Å². The Morgan fingerprint density at radius 3 is 2.68 bits per heavy atom. The molecule has 2 N–H and O–H groups in total. The van der Waals surface area contributed by atoms with Crippen molar-refractivity contribution in [2.75, 3.05) is 13.1 Å². The highest BCUT2D eigenvalue weighted by Crippen LogP contribution is 2.35. The number of nitro benzene ring substituents is 1. The molecule has 2 atom stereocenters. The molecule has 3 rings (SSSR count). The minimum Gasteiger partial charge on any atom is -0.449 e. The molecule has 1 fully saturated rings. The number of likely N-dealkylation sites (tertiary alicyclic amines) is 1. The van der Waals surface area contributed by atoms with E-state index in [0.717, 1.165) is 18.7 Å². The molecule has 2 aromatic carbocycles. The van der Waals surface area contributed by atoms with Gasteiger partial charge in [-0.25, -0.2) is 0 Å². The second-order valence-electron chi connectivity index (χ2n) is 6.43. The lowest BCUT2D eigenvalue weighted by Crippen LogP contribution is -2.28. The quantitative estimate of drug-likeness (QED) is 0.646. The Hall–Kier alpha value is -2.15. The third kappa shape index (κ3) is 4.10. The fourth-order valence-electron chi connectivity index (χ4n) is 3.02. The summed E-state index contributed by atoms with van der Waals surface area (Å²) in [5.41, 5.74) is 6.83. The van der Waals surface area contributed by atoms with Crippen molar-refractivity contribution in [3.63, 3.8) is 0 Å². The van der Waals surface area contributed by atoms with E-state index in [4.69, 9.17) is 22.1 Å². The number of nitro groups is 1. The first-order valence-corrected chi connectivity index (χ1v) is 8.49. The van der Waals surface area contributed by atoms with Crippen molar-refractivity contribution < 1.29 is 9.66 Å². The highest BCUT2D eigenvalue weighted by Gasteiger charge is 2.27. The van der Waals surface area contributed by atoms with Crippen LogP contribution in [0.4, 0.5) is 5.69 Å². The molecule has 2 unspecified atom stereocenters. The lowest BCUT2D eigenvalue weighted by molar-refractivity contribution is -0.385. The topological polar surface area (TPSA) is 81.6 Å². The molecule has 0 saturated carbocycles. The second kappa shape index (κ2) is 7.39. The van der Waals surface area contributed by atoms with Crippen molar-refractivity contribution in [1.29, 1.82) is 0 Å². The van der Waals surface area contributed by atoms with Gasteiger partial charge >= 0.3 is 5.69 Å². The Kier molecular flexibility index (Phi) is 5.22. The van der Waals surface area contributed by atoms with Crippen LogP contribution in [0.1, 0.15) is 12.5 Å². The minimum atomic E-state index is -0.436. The zero-order chi connectivity index (χ0) is 18.0. The summed E-state index contributed by atoms with van der Waals surface area (Å²) in [7, 11) is 0. The van der Waals surface area contributed by atoms with E-state index in [1.54, 1.807) is 36.4 Å². The van der Waals surface area contributed by atoms with E-state index < -0.39 is 4.92 Å². The van der Waals surface area contributed by atoms with Gasteiger partial charge in [0.25, 0.3) is 0 Å². The average Bonchev–Trinajstić information content (AvgIpc) is 2.88. The maximum atomic E-state index is 11.4. The smallest absolute Gasteiger partial charge is 0.311 e. The van der Waals surface area contributed by atoms with Crippen LogP contribution in [0.5, 0.6) is 11.5 Å². The van der Waals surface area contributed by atoms with Gasteiger partial charge in [0, 0.05) is 31.7 Å². The van der Waals surface area contributed by atoms with Crippen LogP contribution in [0.25, 0.3) is 0 Å². The number of hydrogen-bond donors (Lipinski definition) is 1. The first-order chi connectivity index (χ1) is 11.9. The molecule has 2 aromatic rings. The van der Waals surface area contributed by atoms with Crippen LogP contribution in [-0.2, 0) is 6.54 Å². The maximum Gasteiger partial charge on any atom is 0.311 e. The van der Waals surface area contributed by atoms with Gasteiger partial charge in [-0.2, -0.15) is 0 Å². The van der Waals surface area contributed by atoms with Crippen LogP contribution in [0, 0.1) is 16.0 Å². The Labute approximate surface area is 151 Å². The highest BCUT2D eigenvalue weighted by atomic mass is 35.5. The fraction of sp³-hybridized carbons (Fsp3) is 0.333. The summed E-state index contributed by atoms with van der Waals surface area (Å²) in [5.74, 6) is 0.991. The van der Waals surface area contributed by atoms with E-state index in [9.17, 15) is 10.1 Å². The number of halogens is 1. The van der Waals surface area contributed by atoms with Crippen LogP contribution in [0.3, 0.4) is 0 Å². The summed E-state index contributed by atoms with van der Waals surface area (Å²) >= 11 is 6.06. The van der Waals surface area contributed by atoms with Crippen molar-refractivity contribution in [3.8, 4) is 11.5 Å². The van der Waals surface area contributed by atoms with Crippen LogP contribution < -0.4 is 10.5 Å². The molecule has 1 saturated heterocycles. The van der Waals surface area contributed by atoms with Gasteiger partial charge in [-0.15, -0.1) is 0 Å². The van der Waals surface area contributed by atoms with E-state index >= 15 is 0 Å². The summed E-state index contributed by atoms with van der Waals surface area (Å²) in [6.07, 6.45) is 0. The standard InChI is InChI=1S/C18H20ClN3O3/c1-12-9-21(11-15(12)20)10-13-6-7-18(16(8-13)22(23)24)25-17-5-3-2-4-14(17)19/h2-8,12,15H,9-11,20H2,1H3. The second-order valence-corrected chi connectivity index (χ2v) is 6.83. The lowest BCUT2D eigenvalue weighted by atomic mass is 10.1. The van der Waals surface area contributed by atoms with Gasteiger partial charge in [-0.1, -0.05) is 36.7 Å². The number of hydrogen-bond acceptors (Lipinski definition) is 5. The van der Waals surface area contributed by atoms with Crippen LogP contribution in [0.15, 0.2) is 42.5 Å². The zero-order valence-corrected chi connectivity index (χ0v) is 14.6. The Balaban J connectivity index is 1.81. The first-order valence-electron chi connectivity index (χ1n) is 8.11. The average molecular weight is 362 g/mol. The van der Waals surface area contributed by atoms with E-state index in [-0.39, 0.29) is 17.5 Å². The molecular weight excluding hydrogens is 342 g/mol. The van der Waals surface area contributed by atoms with E-state index in [2.05, 4.69) is 11.8 Å². The normalized spacial score (nSPS) is 20.6. The number of nitrogens with zero attached hydrogens (tertiary/aromatic N) is 2. The van der Waals surface area contributed by atoms with E-state index in [0.29, 0.717) is 23.2 Å². The molecule has 0 spiro atoms. The number of ether oxygens (including phenoxy) is 1. The van der Waals surface area contributed by atoms with Gasteiger partial charge < -0.3 is 10.5 Å². The van der Waals surface area contributed by atoms with Gasteiger partial charge in [-0.3, -0.25) is 15.0 Å². The first kappa shape index (κ1) is 17.7. The third-order valence-electron chi connectivity index (χ3n) is 4.43. The summed E-state index contributed by atoms with van der Waals surface area (Å²) in [4.78, 5) is 13.2. The molecule has 6 nitrogen and oxygen atoms in total. The van der Waals surface area contributed by atoms with Crippen molar-refractivity contribution in [3.05, 3.63) is 63.2 Å². The predicted molar refractivity (Wildman–Crippen MR) is 97.0 cm³/mol. The monoisotopic (exact) mass is 361 g/mol.